The van der Waals surface area contributed by atoms with Crippen LogP contribution in [0.5, 0.6) is 0 Å². The number of nitrogens with one attached hydrogen (secondary N) is 3. The summed E-state index contributed by atoms with van der Waals surface area (Å²) in [5.74, 6) is 0.487. The first-order valence-electron chi connectivity index (χ1n) is 10.5. The molecule has 35 heavy (non-hydrogen) atoms. The van der Waals surface area contributed by atoms with Crippen molar-refractivity contribution in [2.24, 2.45) is 0 Å². The first kappa shape index (κ1) is 23.1. The summed E-state index contributed by atoms with van der Waals surface area (Å²) in [5.41, 5.74) is 3.96. The number of allylic oxidation sites excluding steroid dienone is 1. The Bertz CT molecular complexity index is 1420. The minimum absolute atomic E-state index is 0.0551. The van der Waals surface area contributed by atoms with E-state index in [1.54, 1.807) is 30.6 Å². The molecule has 4 rings (SSSR count). The fourth-order valence-corrected chi connectivity index (χ4v) is 3.42. The standard InChI is InChI=1S/C26H18N8S/c27-16-20(17-28)25(19-12-14-29-15-13-19)30-22-8-4-5-9-23(22)31-26(35)32-24-11-10-21(33-34-24)18-6-2-1-3-7-18/h1-15,30H,(H2,31,32,34,35). The number of para-hydroxylation sites is 2. The molecule has 4 aromatic rings. The van der Waals surface area contributed by atoms with Crippen molar-refractivity contribution in [2.75, 3.05) is 16.0 Å². The largest absolute Gasteiger partial charge is 0.352 e. The summed E-state index contributed by atoms with van der Waals surface area (Å²) in [4.78, 5) is 4.00. The molecule has 168 valence electrons. The Balaban J connectivity index is 1.51. The van der Waals surface area contributed by atoms with Crippen molar-refractivity contribution in [1.82, 2.24) is 15.2 Å². The number of hydrogen-bond acceptors (Lipinski definition) is 7. The van der Waals surface area contributed by atoms with E-state index < -0.39 is 0 Å². The van der Waals surface area contributed by atoms with Gasteiger partial charge in [0.2, 0.25) is 0 Å². The molecule has 2 heterocycles. The Hall–Kier alpha value is -5.12. The van der Waals surface area contributed by atoms with Gasteiger partial charge in [0.25, 0.3) is 0 Å². The van der Waals surface area contributed by atoms with E-state index in [0.717, 1.165) is 11.3 Å². The van der Waals surface area contributed by atoms with Crippen LogP contribution in [0.1, 0.15) is 5.56 Å². The molecule has 0 radical (unpaired) electrons. The molecule has 0 saturated heterocycles. The molecule has 0 fully saturated rings. The van der Waals surface area contributed by atoms with E-state index in [2.05, 4.69) is 31.1 Å². The van der Waals surface area contributed by atoms with E-state index in [1.807, 2.05) is 72.8 Å². The first-order chi connectivity index (χ1) is 17.2. The fourth-order valence-electron chi connectivity index (χ4n) is 3.20. The van der Waals surface area contributed by atoms with Gasteiger partial charge in [-0.05, 0) is 48.6 Å². The number of benzene rings is 2. The van der Waals surface area contributed by atoms with Gasteiger partial charge in [0.15, 0.2) is 16.5 Å². The van der Waals surface area contributed by atoms with E-state index in [9.17, 15) is 10.5 Å². The van der Waals surface area contributed by atoms with Gasteiger partial charge in [-0.1, -0.05) is 42.5 Å². The van der Waals surface area contributed by atoms with E-state index in [0.29, 0.717) is 33.6 Å². The molecule has 3 N–H and O–H groups in total. The minimum Gasteiger partial charge on any atom is -0.352 e. The van der Waals surface area contributed by atoms with Crippen molar-refractivity contribution >= 4 is 40.2 Å². The van der Waals surface area contributed by atoms with Crippen LogP contribution >= 0.6 is 12.2 Å². The van der Waals surface area contributed by atoms with E-state index >= 15 is 0 Å². The fraction of sp³-hybridized carbons (Fsp3) is 0. The van der Waals surface area contributed by atoms with Crippen molar-refractivity contribution in [1.29, 1.82) is 10.5 Å². The van der Waals surface area contributed by atoms with Gasteiger partial charge >= 0.3 is 0 Å². The summed E-state index contributed by atoms with van der Waals surface area (Å²) < 4.78 is 0. The molecule has 2 aromatic carbocycles. The smallest absolute Gasteiger partial charge is 0.176 e. The van der Waals surface area contributed by atoms with Crippen LogP contribution in [-0.2, 0) is 0 Å². The summed E-state index contributed by atoms with van der Waals surface area (Å²) in [5, 5.41) is 37.0. The molecular formula is C26H18N8S. The highest BCUT2D eigenvalue weighted by Gasteiger charge is 2.13. The number of hydrogen-bond donors (Lipinski definition) is 3. The number of pyridine rings is 1. The predicted octanol–water partition coefficient (Wildman–Crippen LogP) is 5.22. The quantitative estimate of drug-likeness (QED) is 0.255. The van der Waals surface area contributed by atoms with Gasteiger partial charge in [-0.25, -0.2) is 0 Å². The molecule has 0 unspecified atom stereocenters. The van der Waals surface area contributed by atoms with Gasteiger partial charge in [0.1, 0.15) is 12.1 Å². The summed E-state index contributed by atoms with van der Waals surface area (Å²) in [6, 6.07) is 28.1. The van der Waals surface area contributed by atoms with Crippen molar-refractivity contribution in [3.05, 3.63) is 102 Å². The summed E-state index contributed by atoms with van der Waals surface area (Å²) in [6.45, 7) is 0. The van der Waals surface area contributed by atoms with E-state index in [1.165, 1.54) is 0 Å². The Morgan fingerprint density at radius 3 is 2.00 bits per heavy atom. The topological polar surface area (TPSA) is 122 Å². The molecular weight excluding hydrogens is 456 g/mol. The van der Waals surface area contributed by atoms with Crippen molar-refractivity contribution < 1.29 is 0 Å². The zero-order valence-corrected chi connectivity index (χ0v) is 19.1. The van der Waals surface area contributed by atoms with Gasteiger partial charge < -0.3 is 16.0 Å². The normalized spacial score (nSPS) is 9.77. The number of thiocarbonyl (C=S) groups is 1. The van der Waals surface area contributed by atoms with Crippen LogP contribution in [0.25, 0.3) is 17.0 Å². The highest BCUT2D eigenvalue weighted by molar-refractivity contribution is 7.80. The molecule has 0 spiro atoms. The second kappa shape index (κ2) is 11.1. The SMILES string of the molecule is N#CC(C#N)=C(Nc1ccccc1NC(=S)Nc1ccc(-c2ccccc2)nn1)c1ccncc1. The lowest BCUT2D eigenvalue weighted by molar-refractivity contribution is 1.05. The number of nitriles is 2. The maximum Gasteiger partial charge on any atom is 0.176 e. The molecule has 0 aliphatic rings. The summed E-state index contributed by atoms with van der Waals surface area (Å²) in [6.07, 6.45) is 3.19. The van der Waals surface area contributed by atoms with E-state index in [4.69, 9.17) is 12.2 Å². The van der Waals surface area contributed by atoms with Gasteiger partial charge in [-0.2, -0.15) is 10.5 Å². The maximum atomic E-state index is 9.46. The molecule has 0 aliphatic heterocycles. The monoisotopic (exact) mass is 474 g/mol. The molecule has 0 amide bonds. The second-order valence-corrected chi connectivity index (χ2v) is 7.54. The molecule has 0 saturated carbocycles. The third kappa shape index (κ3) is 5.82. The second-order valence-electron chi connectivity index (χ2n) is 7.13. The first-order valence-corrected chi connectivity index (χ1v) is 10.9. The van der Waals surface area contributed by atoms with Crippen molar-refractivity contribution in [2.45, 2.75) is 0 Å². The third-order valence-electron chi connectivity index (χ3n) is 4.85. The van der Waals surface area contributed by atoms with Crippen LogP contribution < -0.4 is 16.0 Å². The highest BCUT2D eigenvalue weighted by atomic mass is 32.1. The number of anilines is 3. The summed E-state index contributed by atoms with van der Waals surface area (Å²) >= 11 is 5.47. The van der Waals surface area contributed by atoms with Crippen molar-refractivity contribution in [3.63, 3.8) is 0 Å². The third-order valence-corrected chi connectivity index (χ3v) is 5.06. The Labute approximate surface area is 207 Å². The van der Waals surface area contributed by atoms with Crippen LogP contribution in [0.15, 0.2) is 96.8 Å². The molecule has 0 aliphatic carbocycles. The van der Waals surface area contributed by atoms with Crippen LogP contribution in [0.4, 0.5) is 17.2 Å². The maximum absolute atomic E-state index is 9.46. The average Bonchev–Trinajstić information content (AvgIpc) is 2.91. The Kier molecular flexibility index (Phi) is 7.34. The zero-order valence-electron chi connectivity index (χ0n) is 18.3. The van der Waals surface area contributed by atoms with Crippen molar-refractivity contribution in [3.8, 4) is 23.4 Å². The number of aromatic nitrogens is 3. The van der Waals surface area contributed by atoms with Crippen LogP contribution in [0.2, 0.25) is 0 Å². The van der Waals surface area contributed by atoms with E-state index in [-0.39, 0.29) is 5.57 Å². The number of rotatable bonds is 6. The van der Waals surface area contributed by atoms with Gasteiger partial charge in [-0.15, -0.1) is 10.2 Å². The molecule has 2 aromatic heterocycles. The molecule has 0 atom stereocenters. The molecule has 8 nitrogen and oxygen atoms in total. The lowest BCUT2D eigenvalue weighted by atomic mass is 10.1. The lowest BCUT2D eigenvalue weighted by Gasteiger charge is -2.17. The zero-order chi connectivity index (χ0) is 24.5. The number of nitrogens with zero attached hydrogens (tertiary/aromatic N) is 5. The van der Waals surface area contributed by atoms with Gasteiger partial charge in [0.05, 0.1) is 22.8 Å². The highest BCUT2D eigenvalue weighted by Crippen LogP contribution is 2.27. The van der Waals surface area contributed by atoms with Gasteiger partial charge in [-0.3, -0.25) is 4.98 Å². The van der Waals surface area contributed by atoms with Crippen LogP contribution in [-0.4, -0.2) is 20.3 Å². The summed E-state index contributed by atoms with van der Waals surface area (Å²) in [7, 11) is 0. The molecule has 9 heteroatoms. The van der Waals surface area contributed by atoms with Gasteiger partial charge in [0, 0.05) is 23.5 Å². The van der Waals surface area contributed by atoms with Crippen LogP contribution in [0.3, 0.4) is 0 Å². The Morgan fingerprint density at radius 1 is 0.714 bits per heavy atom. The van der Waals surface area contributed by atoms with Crippen LogP contribution in [0, 0.1) is 22.7 Å². The lowest BCUT2D eigenvalue weighted by Crippen LogP contribution is -2.20. The average molecular weight is 475 g/mol. The predicted molar refractivity (Wildman–Crippen MR) is 140 cm³/mol. The Morgan fingerprint density at radius 2 is 1.37 bits per heavy atom. The minimum atomic E-state index is -0.0551. The molecule has 0 bridgehead atoms.